The quantitative estimate of drug-likeness (QED) is 0.441. The predicted octanol–water partition coefficient (Wildman–Crippen LogP) is 4.04. The largest absolute Gasteiger partial charge is 0.361 e. The van der Waals surface area contributed by atoms with Crippen molar-refractivity contribution < 1.29 is 4.52 Å². The molecule has 0 radical (unpaired) electrons. The van der Waals surface area contributed by atoms with Gasteiger partial charge in [0.1, 0.15) is 22.2 Å². The van der Waals surface area contributed by atoms with Crippen molar-refractivity contribution in [2.45, 2.75) is 20.0 Å². The monoisotopic (exact) mass is 448 g/mol. The van der Waals surface area contributed by atoms with Gasteiger partial charge in [0.15, 0.2) is 0 Å². The summed E-state index contributed by atoms with van der Waals surface area (Å²) in [5.74, 6) is 2.80. The molecule has 0 spiro atoms. The maximum atomic E-state index is 5.23. The number of fused-ring (bicyclic) bond motifs is 1. The zero-order valence-electron chi connectivity index (χ0n) is 18.8. The number of hydrogen-bond donors (Lipinski definition) is 0. The van der Waals surface area contributed by atoms with E-state index >= 15 is 0 Å². The Balaban J connectivity index is 1.45. The molecule has 32 heavy (non-hydrogen) atoms. The molecule has 1 saturated heterocycles. The second-order valence-corrected chi connectivity index (χ2v) is 9.45. The Morgan fingerprint density at radius 3 is 2.53 bits per heavy atom. The zero-order chi connectivity index (χ0) is 22.1. The Morgan fingerprint density at radius 1 is 1.06 bits per heavy atom. The van der Waals surface area contributed by atoms with E-state index in [9.17, 15) is 0 Å². The number of aryl methyl sites for hydroxylation is 1. The number of rotatable bonds is 6. The van der Waals surface area contributed by atoms with Crippen LogP contribution in [0.2, 0.25) is 0 Å². The summed E-state index contributed by atoms with van der Waals surface area (Å²) in [5, 5.41) is 7.54. The normalized spacial score (nSPS) is 15.2. The molecule has 8 heteroatoms. The van der Waals surface area contributed by atoms with Gasteiger partial charge in [-0.1, -0.05) is 35.5 Å². The lowest BCUT2D eigenvalue weighted by Gasteiger charge is -2.35. The van der Waals surface area contributed by atoms with E-state index in [-0.39, 0.29) is 0 Å². The molecule has 0 saturated carbocycles. The van der Waals surface area contributed by atoms with Gasteiger partial charge in [0.25, 0.3) is 0 Å². The maximum absolute atomic E-state index is 5.23. The van der Waals surface area contributed by atoms with Crippen LogP contribution >= 0.6 is 11.3 Å². The van der Waals surface area contributed by atoms with Gasteiger partial charge in [-0.3, -0.25) is 4.90 Å². The van der Waals surface area contributed by atoms with Gasteiger partial charge in [-0.15, -0.1) is 11.3 Å². The molecule has 1 fully saturated rings. The van der Waals surface area contributed by atoms with Crippen molar-refractivity contribution in [3.63, 3.8) is 0 Å². The third-order valence-electron chi connectivity index (χ3n) is 5.74. The molecule has 3 aromatic heterocycles. The maximum Gasteiger partial charge on any atom is 0.146 e. The van der Waals surface area contributed by atoms with Gasteiger partial charge < -0.3 is 14.3 Å². The van der Waals surface area contributed by atoms with Crippen molar-refractivity contribution >= 4 is 27.4 Å². The SMILES string of the molecule is Cc1cc(CN2CCN(c3nc(CN(C)C)nc4scc(-c5ccccc5)c34)CC2)no1. The van der Waals surface area contributed by atoms with Crippen LogP contribution in [-0.2, 0) is 13.1 Å². The van der Waals surface area contributed by atoms with Crippen LogP contribution in [0, 0.1) is 6.92 Å². The minimum Gasteiger partial charge on any atom is -0.361 e. The van der Waals surface area contributed by atoms with Crippen LogP contribution in [0.1, 0.15) is 17.3 Å². The predicted molar refractivity (Wildman–Crippen MR) is 129 cm³/mol. The van der Waals surface area contributed by atoms with Crippen molar-refractivity contribution in [1.82, 2.24) is 24.9 Å². The molecule has 0 amide bonds. The number of piperazine rings is 1. The van der Waals surface area contributed by atoms with Gasteiger partial charge in [0.2, 0.25) is 0 Å². The van der Waals surface area contributed by atoms with Crippen LogP contribution in [0.15, 0.2) is 46.3 Å². The Morgan fingerprint density at radius 2 is 1.84 bits per heavy atom. The number of benzene rings is 1. The molecule has 1 aromatic carbocycles. The fraction of sp³-hybridized carbons (Fsp3) is 0.375. The van der Waals surface area contributed by atoms with Crippen LogP contribution in [0.4, 0.5) is 5.82 Å². The van der Waals surface area contributed by atoms with E-state index in [1.54, 1.807) is 11.3 Å². The van der Waals surface area contributed by atoms with Crippen LogP contribution in [0.25, 0.3) is 21.3 Å². The summed E-state index contributed by atoms with van der Waals surface area (Å²) in [4.78, 5) is 18.0. The van der Waals surface area contributed by atoms with Gasteiger partial charge in [-0.25, -0.2) is 9.97 Å². The molecule has 5 rings (SSSR count). The van der Waals surface area contributed by atoms with Gasteiger partial charge in [-0.05, 0) is 26.6 Å². The highest BCUT2D eigenvalue weighted by atomic mass is 32.1. The Bertz CT molecular complexity index is 1190. The van der Waals surface area contributed by atoms with E-state index in [0.717, 1.165) is 67.2 Å². The van der Waals surface area contributed by atoms with Gasteiger partial charge in [-0.2, -0.15) is 0 Å². The number of nitrogens with zero attached hydrogens (tertiary/aromatic N) is 6. The first-order chi connectivity index (χ1) is 15.6. The van der Waals surface area contributed by atoms with E-state index in [2.05, 4.69) is 69.7 Å². The molecule has 1 aliphatic rings. The summed E-state index contributed by atoms with van der Waals surface area (Å²) >= 11 is 1.71. The fourth-order valence-electron chi connectivity index (χ4n) is 4.22. The summed E-state index contributed by atoms with van der Waals surface area (Å²) < 4.78 is 5.23. The van der Waals surface area contributed by atoms with Crippen molar-refractivity contribution in [3.8, 4) is 11.1 Å². The van der Waals surface area contributed by atoms with E-state index in [1.807, 2.05) is 13.0 Å². The second-order valence-electron chi connectivity index (χ2n) is 8.59. The first-order valence-corrected chi connectivity index (χ1v) is 11.8. The average Bonchev–Trinajstić information content (AvgIpc) is 3.40. The molecular weight excluding hydrogens is 420 g/mol. The minimum absolute atomic E-state index is 0.729. The zero-order valence-corrected chi connectivity index (χ0v) is 19.6. The molecule has 4 aromatic rings. The molecule has 0 bridgehead atoms. The molecule has 4 heterocycles. The summed E-state index contributed by atoms with van der Waals surface area (Å²) in [7, 11) is 4.11. The Kier molecular flexibility index (Phi) is 5.91. The summed E-state index contributed by atoms with van der Waals surface area (Å²) in [6, 6.07) is 12.6. The molecule has 0 unspecified atom stereocenters. The molecule has 7 nitrogen and oxygen atoms in total. The van der Waals surface area contributed by atoms with Crippen LogP contribution in [0.3, 0.4) is 0 Å². The lowest BCUT2D eigenvalue weighted by molar-refractivity contribution is 0.241. The highest BCUT2D eigenvalue weighted by Gasteiger charge is 2.24. The standard InChI is InChI=1S/C24H28N6OS/c1-17-13-19(27-31-17)14-29-9-11-30(12-10-29)23-22-20(18-7-5-4-6-8-18)16-32-24(22)26-21(25-23)15-28(2)3/h4-8,13,16H,9-12,14-15H2,1-3H3. The first kappa shape index (κ1) is 21.1. The Hall–Kier alpha value is -2.81. The minimum atomic E-state index is 0.729. The third-order valence-corrected chi connectivity index (χ3v) is 6.61. The lowest BCUT2D eigenvalue weighted by Crippen LogP contribution is -2.46. The number of anilines is 1. The Labute approximate surface area is 192 Å². The highest BCUT2D eigenvalue weighted by molar-refractivity contribution is 7.17. The number of hydrogen-bond acceptors (Lipinski definition) is 8. The molecule has 0 atom stereocenters. The third kappa shape index (κ3) is 4.39. The second kappa shape index (κ2) is 8.97. The van der Waals surface area contributed by atoms with E-state index in [1.165, 1.54) is 16.5 Å². The summed E-state index contributed by atoms with van der Waals surface area (Å²) in [6.45, 7) is 7.27. The number of thiophene rings is 1. The van der Waals surface area contributed by atoms with Gasteiger partial charge in [0, 0.05) is 49.7 Å². The average molecular weight is 449 g/mol. The van der Waals surface area contributed by atoms with Gasteiger partial charge in [0.05, 0.1) is 17.6 Å². The van der Waals surface area contributed by atoms with E-state index in [4.69, 9.17) is 14.5 Å². The summed E-state index contributed by atoms with van der Waals surface area (Å²) in [5.41, 5.74) is 3.43. The van der Waals surface area contributed by atoms with E-state index in [0.29, 0.717) is 0 Å². The first-order valence-electron chi connectivity index (χ1n) is 10.9. The summed E-state index contributed by atoms with van der Waals surface area (Å²) in [6.07, 6.45) is 0. The molecule has 166 valence electrons. The van der Waals surface area contributed by atoms with Crippen LogP contribution < -0.4 is 4.90 Å². The molecule has 0 N–H and O–H groups in total. The van der Waals surface area contributed by atoms with Crippen molar-refractivity contribution in [2.24, 2.45) is 0 Å². The van der Waals surface area contributed by atoms with E-state index < -0.39 is 0 Å². The van der Waals surface area contributed by atoms with Crippen LogP contribution in [-0.4, -0.2) is 65.2 Å². The fourth-order valence-corrected chi connectivity index (χ4v) is 5.18. The highest BCUT2D eigenvalue weighted by Crippen LogP contribution is 2.38. The molecule has 0 aliphatic carbocycles. The van der Waals surface area contributed by atoms with Crippen LogP contribution in [0.5, 0.6) is 0 Å². The number of aromatic nitrogens is 3. The molecule has 1 aliphatic heterocycles. The molecular formula is C24H28N6OS. The van der Waals surface area contributed by atoms with Crippen molar-refractivity contribution in [1.29, 1.82) is 0 Å². The smallest absolute Gasteiger partial charge is 0.146 e. The van der Waals surface area contributed by atoms with Crippen molar-refractivity contribution in [3.05, 3.63) is 59.1 Å². The van der Waals surface area contributed by atoms with Gasteiger partial charge >= 0.3 is 0 Å². The topological polar surface area (TPSA) is 61.5 Å². The lowest BCUT2D eigenvalue weighted by atomic mass is 10.1. The van der Waals surface area contributed by atoms with Crippen molar-refractivity contribution in [2.75, 3.05) is 45.2 Å².